The fourth-order valence-electron chi connectivity index (χ4n) is 5.23. The topological polar surface area (TPSA) is 84.3 Å². The Bertz CT molecular complexity index is 1410. The van der Waals surface area contributed by atoms with Crippen LogP contribution in [0.4, 0.5) is 23.2 Å². The van der Waals surface area contributed by atoms with Crippen molar-refractivity contribution in [2.75, 3.05) is 31.8 Å². The van der Waals surface area contributed by atoms with E-state index in [0.29, 0.717) is 42.7 Å². The Labute approximate surface area is 210 Å². The number of alkyl halides is 3. The number of anilines is 1. The Morgan fingerprint density at radius 3 is 2.59 bits per heavy atom. The van der Waals surface area contributed by atoms with Crippen molar-refractivity contribution >= 4 is 16.7 Å². The smallest absolute Gasteiger partial charge is 0.432 e. The fraction of sp³-hybridized carbons (Fsp3) is 0.400. The summed E-state index contributed by atoms with van der Waals surface area (Å²) in [6.45, 7) is 2.47. The minimum Gasteiger partial charge on any atom is -0.479 e. The van der Waals surface area contributed by atoms with Crippen LogP contribution in [0.5, 0.6) is 5.88 Å². The van der Waals surface area contributed by atoms with Gasteiger partial charge in [0.25, 0.3) is 5.56 Å². The summed E-state index contributed by atoms with van der Waals surface area (Å²) in [7, 11) is 1.38. The monoisotopic (exact) mass is 518 g/mol. The number of aromatic nitrogens is 3. The van der Waals surface area contributed by atoms with E-state index in [-0.39, 0.29) is 42.0 Å². The largest absolute Gasteiger partial charge is 0.479 e. The predicted molar refractivity (Wildman–Crippen MR) is 130 cm³/mol. The second-order valence-electron chi connectivity index (χ2n) is 9.16. The number of hydrogen-bond acceptors (Lipinski definition) is 7. The molecule has 0 atom stereocenters. The van der Waals surface area contributed by atoms with Crippen molar-refractivity contribution in [2.45, 2.75) is 38.4 Å². The molecule has 0 bridgehead atoms. The van der Waals surface area contributed by atoms with E-state index in [1.807, 2.05) is 17.9 Å². The van der Waals surface area contributed by atoms with Gasteiger partial charge >= 0.3 is 6.18 Å². The van der Waals surface area contributed by atoms with Gasteiger partial charge in [-0.3, -0.25) is 9.36 Å². The van der Waals surface area contributed by atoms with Gasteiger partial charge in [-0.25, -0.2) is 9.37 Å². The van der Waals surface area contributed by atoms with E-state index >= 15 is 0 Å². The number of para-hydroxylation sites is 1. The maximum atomic E-state index is 14.5. The van der Waals surface area contributed by atoms with Crippen molar-refractivity contribution in [2.24, 2.45) is 0 Å². The molecule has 5 rings (SSSR count). The molecule has 2 aliphatic rings. The zero-order valence-electron chi connectivity index (χ0n) is 20.3. The Balaban J connectivity index is 1.54. The lowest BCUT2D eigenvalue weighted by Gasteiger charge is -2.34. The molecule has 0 amide bonds. The number of piperidine rings is 1. The third kappa shape index (κ3) is 4.56. The number of pyridine rings is 1. The molecule has 0 saturated carbocycles. The third-order valence-electron chi connectivity index (χ3n) is 6.97. The SMILES string of the molecule is COc1ncnc2cc(C3CCN(c4c(C)cccc4F)CC3)c(=O)n(CC3=C(C(F)(F)F)NCN3)c12. The Morgan fingerprint density at radius 1 is 1.16 bits per heavy atom. The molecule has 0 spiro atoms. The molecule has 0 radical (unpaired) electrons. The van der Waals surface area contributed by atoms with Gasteiger partial charge in [-0.15, -0.1) is 0 Å². The lowest BCUT2D eigenvalue weighted by atomic mass is 9.89. The van der Waals surface area contributed by atoms with Gasteiger partial charge in [0, 0.05) is 18.7 Å². The van der Waals surface area contributed by atoms with E-state index in [4.69, 9.17) is 4.74 Å². The molecule has 3 aromatic rings. The van der Waals surface area contributed by atoms with Crippen LogP contribution in [0, 0.1) is 12.7 Å². The molecule has 8 nitrogen and oxygen atoms in total. The molecule has 4 heterocycles. The van der Waals surface area contributed by atoms with Gasteiger partial charge in [0.15, 0.2) is 0 Å². The van der Waals surface area contributed by atoms with Crippen LogP contribution in [0.3, 0.4) is 0 Å². The quantitative estimate of drug-likeness (QED) is 0.500. The third-order valence-corrected chi connectivity index (χ3v) is 6.97. The highest BCUT2D eigenvalue weighted by molar-refractivity contribution is 5.80. The number of hydrogen-bond donors (Lipinski definition) is 2. The second-order valence-corrected chi connectivity index (χ2v) is 9.16. The highest BCUT2D eigenvalue weighted by atomic mass is 19.4. The normalized spacial score (nSPS) is 16.8. The van der Waals surface area contributed by atoms with Crippen molar-refractivity contribution in [1.29, 1.82) is 0 Å². The summed E-state index contributed by atoms with van der Waals surface area (Å²) >= 11 is 0. The summed E-state index contributed by atoms with van der Waals surface area (Å²) in [5.74, 6) is -0.362. The molecule has 1 saturated heterocycles. The first-order valence-corrected chi connectivity index (χ1v) is 11.9. The number of rotatable bonds is 5. The molecule has 12 heteroatoms. The van der Waals surface area contributed by atoms with Gasteiger partial charge in [0.1, 0.15) is 23.4 Å². The van der Waals surface area contributed by atoms with E-state index in [1.165, 1.54) is 24.1 Å². The van der Waals surface area contributed by atoms with Crippen LogP contribution in [0.15, 0.2) is 46.8 Å². The highest BCUT2D eigenvalue weighted by Gasteiger charge is 2.39. The van der Waals surface area contributed by atoms with Crippen molar-refractivity contribution in [3.05, 3.63) is 69.3 Å². The van der Waals surface area contributed by atoms with E-state index in [1.54, 1.807) is 12.1 Å². The van der Waals surface area contributed by atoms with Gasteiger partial charge < -0.3 is 20.3 Å². The lowest BCUT2D eigenvalue weighted by Crippen LogP contribution is -2.37. The molecule has 0 unspecified atom stereocenters. The van der Waals surface area contributed by atoms with Crippen molar-refractivity contribution in [3.63, 3.8) is 0 Å². The van der Waals surface area contributed by atoms with Crippen LogP contribution in [0.1, 0.15) is 29.9 Å². The number of allylic oxidation sites excluding steroid dienone is 2. The summed E-state index contributed by atoms with van der Waals surface area (Å²) in [6.07, 6.45) is -2.16. The minimum absolute atomic E-state index is 0.0959. The standard InChI is InChI=1S/C25H26F4N6O2/c1-14-4-3-5-17(26)20(14)34-8-6-15(7-9-34)16-10-18-21(23(37-2)33-13-30-18)35(24(16)36)11-19-22(25(27,28)29)32-12-31-19/h3-5,10,13,15,31-32H,6-9,11-12H2,1-2H3. The molecule has 196 valence electrons. The average Bonchev–Trinajstić information content (AvgIpc) is 3.34. The van der Waals surface area contributed by atoms with E-state index < -0.39 is 17.4 Å². The molecule has 1 fully saturated rings. The highest BCUT2D eigenvalue weighted by Crippen LogP contribution is 2.34. The van der Waals surface area contributed by atoms with Crippen LogP contribution in [-0.2, 0) is 6.54 Å². The van der Waals surface area contributed by atoms with E-state index in [0.717, 1.165) is 5.56 Å². The first-order chi connectivity index (χ1) is 17.7. The van der Waals surface area contributed by atoms with Crippen molar-refractivity contribution in [3.8, 4) is 5.88 Å². The average molecular weight is 519 g/mol. The molecule has 0 aliphatic carbocycles. The van der Waals surface area contributed by atoms with Crippen molar-refractivity contribution in [1.82, 2.24) is 25.2 Å². The van der Waals surface area contributed by atoms with Gasteiger partial charge in [0.05, 0.1) is 37.2 Å². The first-order valence-electron chi connectivity index (χ1n) is 11.9. The first kappa shape index (κ1) is 24.8. The van der Waals surface area contributed by atoms with E-state index in [9.17, 15) is 22.4 Å². The Kier molecular flexibility index (Phi) is 6.42. The van der Waals surface area contributed by atoms with Crippen LogP contribution in [-0.4, -0.2) is 47.6 Å². The van der Waals surface area contributed by atoms with Crippen LogP contribution in [0.25, 0.3) is 11.0 Å². The molecule has 37 heavy (non-hydrogen) atoms. The number of nitrogens with zero attached hydrogens (tertiary/aromatic N) is 4. The maximum Gasteiger partial charge on any atom is 0.432 e. The minimum atomic E-state index is -4.60. The summed E-state index contributed by atoms with van der Waals surface area (Å²) in [5.41, 5.74) is 0.977. The number of fused-ring (bicyclic) bond motifs is 1. The molecule has 2 aliphatic heterocycles. The van der Waals surface area contributed by atoms with Gasteiger partial charge in [-0.05, 0) is 43.4 Å². The molecule has 2 aromatic heterocycles. The Hall–Kier alpha value is -3.83. The lowest BCUT2D eigenvalue weighted by molar-refractivity contribution is -0.0963. The van der Waals surface area contributed by atoms with Crippen LogP contribution in [0.2, 0.25) is 0 Å². The number of aryl methyl sites for hydroxylation is 1. The number of methoxy groups -OCH3 is 1. The van der Waals surface area contributed by atoms with E-state index in [2.05, 4.69) is 20.6 Å². The second kappa shape index (κ2) is 9.56. The number of nitrogens with one attached hydrogen (secondary N) is 2. The van der Waals surface area contributed by atoms with Gasteiger partial charge in [-0.2, -0.15) is 18.2 Å². The predicted octanol–water partition coefficient (Wildman–Crippen LogP) is 3.56. The summed E-state index contributed by atoms with van der Waals surface area (Å²) in [4.78, 5) is 24.1. The summed E-state index contributed by atoms with van der Waals surface area (Å²) in [6, 6.07) is 6.63. The molecular weight excluding hydrogens is 492 g/mol. The number of ether oxygens (including phenoxy) is 1. The van der Waals surface area contributed by atoms with Gasteiger partial charge in [0.2, 0.25) is 5.88 Å². The number of halogens is 4. The molecule has 1 aromatic carbocycles. The van der Waals surface area contributed by atoms with Crippen LogP contribution < -0.4 is 25.8 Å². The number of benzene rings is 1. The van der Waals surface area contributed by atoms with Crippen molar-refractivity contribution < 1.29 is 22.3 Å². The maximum absolute atomic E-state index is 14.5. The van der Waals surface area contributed by atoms with Gasteiger partial charge in [-0.1, -0.05) is 12.1 Å². The van der Waals surface area contributed by atoms with Crippen LogP contribution >= 0.6 is 0 Å². The Morgan fingerprint density at radius 2 is 1.92 bits per heavy atom. The zero-order valence-corrected chi connectivity index (χ0v) is 20.3. The fourth-order valence-corrected chi connectivity index (χ4v) is 5.23. The molecule has 2 N–H and O–H groups in total. The summed E-state index contributed by atoms with van der Waals surface area (Å²) < 4.78 is 61.7. The summed E-state index contributed by atoms with van der Waals surface area (Å²) in [5, 5.41) is 4.99. The zero-order chi connectivity index (χ0) is 26.3. The molecular formula is C25H26F4N6O2.